The third-order valence-corrected chi connectivity index (χ3v) is 4.93. The minimum Gasteiger partial charge on any atom is -0.377 e. The largest absolute Gasteiger partial charge is 0.433 e. The van der Waals surface area contributed by atoms with Crippen LogP contribution in [0.1, 0.15) is 52.1 Å². The fraction of sp³-hybridized carbons (Fsp3) is 0.400. The number of methoxy groups -OCH3 is 1. The zero-order valence-electron chi connectivity index (χ0n) is 16.3. The highest BCUT2D eigenvalue weighted by atomic mass is 127. The highest BCUT2D eigenvalue weighted by Crippen LogP contribution is 2.39. The number of aromatic nitrogens is 1. The van der Waals surface area contributed by atoms with Gasteiger partial charge in [-0.15, -0.1) is 0 Å². The molecule has 31 heavy (non-hydrogen) atoms. The molecule has 0 fully saturated rings. The van der Waals surface area contributed by atoms with Crippen molar-refractivity contribution in [3.05, 3.63) is 64.0 Å². The summed E-state index contributed by atoms with van der Waals surface area (Å²) in [6, 6.07) is 5.99. The maximum absolute atomic E-state index is 13.5. The number of pyridine rings is 1. The molecule has 4 nitrogen and oxygen atoms in total. The molecule has 1 aromatic carbocycles. The molecule has 0 bridgehead atoms. The van der Waals surface area contributed by atoms with Gasteiger partial charge in [0.1, 0.15) is 11.8 Å². The predicted molar refractivity (Wildman–Crippen MR) is 107 cm³/mol. The van der Waals surface area contributed by atoms with E-state index < -0.39 is 41.4 Å². The fourth-order valence-corrected chi connectivity index (χ4v) is 3.55. The second kappa shape index (κ2) is 10.1. The van der Waals surface area contributed by atoms with Crippen molar-refractivity contribution in [1.29, 1.82) is 5.26 Å². The van der Waals surface area contributed by atoms with Gasteiger partial charge in [-0.05, 0) is 41.8 Å². The average molecular weight is 558 g/mol. The van der Waals surface area contributed by atoms with Gasteiger partial charge in [0.25, 0.3) is 0 Å². The molecule has 0 N–H and O–H groups in total. The molecule has 2 atom stereocenters. The monoisotopic (exact) mass is 558 g/mol. The first-order chi connectivity index (χ1) is 14.4. The van der Waals surface area contributed by atoms with Crippen LogP contribution < -0.4 is 0 Å². The van der Waals surface area contributed by atoms with Crippen molar-refractivity contribution in [1.82, 2.24) is 4.98 Å². The molecule has 168 valence electrons. The second-order valence-corrected chi connectivity index (χ2v) is 7.19. The number of benzene rings is 1. The summed E-state index contributed by atoms with van der Waals surface area (Å²) in [4.78, 5) is 3.30. The maximum atomic E-state index is 13.5. The highest BCUT2D eigenvalue weighted by Gasteiger charge is 2.36. The topological polar surface area (TPSA) is 55.1 Å². The van der Waals surface area contributed by atoms with Gasteiger partial charge in [0.15, 0.2) is 0 Å². The van der Waals surface area contributed by atoms with Crippen LogP contribution in [0.25, 0.3) is 0 Å². The van der Waals surface area contributed by atoms with Crippen LogP contribution in [0.2, 0.25) is 0 Å². The minimum absolute atomic E-state index is 0.0521. The van der Waals surface area contributed by atoms with E-state index in [9.17, 15) is 26.3 Å². The number of hydrogen-bond donors (Lipinski definition) is 0. The molecule has 0 aliphatic heterocycles. The summed E-state index contributed by atoms with van der Waals surface area (Å²) in [6.07, 6.45) is -10.3. The van der Waals surface area contributed by atoms with Gasteiger partial charge < -0.3 is 9.47 Å². The standard InChI is InChI=1S/C20H17F6IN2O2/c1-11-5-13(6-15(14(11)9-28)19(21,22)23)17(31-10-27)8-16(30-2)12-3-4-29-18(7-12)20(24,25)26/h3-7,16-17H,8,10H2,1-2H3. The van der Waals surface area contributed by atoms with E-state index >= 15 is 0 Å². The van der Waals surface area contributed by atoms with Crippen LogP contribution in [0.15, 0.2) is 30.5 Å². The first kappa shape index (κ1) is 25.4. The Balaban J connectivity index is 2.47. The number of nitrogens with zero attached hydrogens (tertiary/aromatic N) is 2. The molecule has 2 aromatic rings. The predicted octanol–water partition coefficient (Wildman–Crippen LogP) is 6.53. The van der Waals surface area contributed by atoms with Crippen molar-refractivity contribution in [3.8, 4) is 6.07 Å². The van der Waals surface area contributed by atoms with Crippen molar-refractivity contribution in [2.75, 3.05) is 11.7 Å². The zero-order valence-corrected chi connectivity index (χ0v) is 18.5. The lowest BCUT2D eigenvalue weighted by atomic mass is 9.93. The van der Waals surface area contributed by atoms with E-state index in [0.717, 1.165) is 18.3 Å². The Morgan fingerprint density at radius 1 is 1.06 bits per heavy atom. The molecular formula is C20H17F6IN2O2. The summed E-state index contributed by atoms with van der Waals surface area (Å²) in [5, 5.41) is 9.12. The second-order valence-electron chi connectivity index (χ2n) is 6.57. The molecule has 0 radical (unpaired) electrons. The molecule has 0 saturated heterocycles. The van der Waals surface area contributed by atoms with E-state index in [4.69, 9.17) is 14.7 Å². The Morgan fingerprint density at radius 2 is 1.74 bits per heavy atom. The van der Waals surface area contributed by atoms with Crippen LogP contribution in [-0.4, -0.2) is 16.7 Å². The Labute approximate surface area is 188 Å². The van der Waals surface area contributed by atoms with Crippen molar-refractivity contribution in [3.63, 3.8) is 0 Å². The molecule has 0 aliphatic rings. The fourth-order valence-electron chi connectivity index (χ4n) is 3.11. The van der Waals surface area contributed by atoms with Crippen molar-refractivity contribution < 1.29 is 35.8 Å². The minimum atomic E-state index is -4.76. The van der Waals surface area contributed by atoms with Gasteiger partial charge in [0.05, 0.1) is 27.9 Å². The first-order valence-corrected chi connectivity index (χ1v) is 10.3. The highest BCUT2D eigenvalue weighted by molar-refractivity contribution is 14.1. The molecule has 2 rings (SSSR count). The molecule has 11 heteroatoms. The lowest BCUT2D eigenvalue weighted by Crippen LogP contribution is -2.16. The molecule has 0 saturated carbocycles. The van der Waals surface area contributed by atoms with Gasteiger partial charge >= 0.3 is 12.4 Å². The van der Waals surface area contributed by atoms with E-state index in [1.54, 1.807) is 6.07 Å². The molecule has 1 aromatic heterocycles. The van der Waals surface area contributed by atoms with Crippen LogP contribution in [-0.2, 0) is 21.8 Å². The van der Waals surface area contributed by atoms with Crippen LogP contribution in [0.5, 0.6) is 0 Å². The summed E-state index contributed by atoms with van der Waals surface area (Å²) >= 11 is 1.87. The van der Waals surface area contributed by atoms with E-state index in [-0.39, 0.29) is 27.7 Å². The van der Waals surface area contributed by atoms with E-state index in [1.807, 2.05) is 22.6 Å². The normalized spacial score (nSPS) is 14.2. The number of aryl methyl sites for hydroxylation is 1. The van der Waals surface area contributed by atoms with E-state index in [2.05, 4.69) is 4.98 Å². The van der Waals surface area contributed by atoms with Crippen LogP contribution in [0.4, 0.5) is 26.3 Å². The molecular weight excluding hydrogens is 541 g/mol. The summed E-state index contributed by atoms with van der Waals surface area (Å²) < 4.78 is 90.4. The van der Waals surface area contributed by atoms with Crippen LogP contribution in [0, 0.1) is 18.3 Å². The summed E-state index contributed by atoms with van der Waals surface area (Å²) in [6.45, 7) is 1.38. The molecule has 0 amide bonds. The smallest absolute Gasteiger partial charge is 0.377 e. The number of halogens is 7. The lowest BCUT2D eigenvalue weighted by molar-refractivity contribution is -0.141. The number of rotatable bonds is 7. The van der Waals surface area contributed by atoms with Crippen LogP contribution >= 0.6 is 22.6 Å². The Hall–Kier alpha value is -1.91. The number of nitriles is 1. The SMILES string of the molecule is COC(CC(OCI)c1cc(C)c(C#N)c(C(F)(F)F)c1)c1ccnc(C(F)(F)F)c1. The molecule has 0 spiro atoms. The number of hydrogen-bond acceptors (Lipinski definition) is 4. The van der Waals surface area contributed by atoms with Crippen LogP contribution in [0.3, 0.4) is 0 Å². The Kier molecular flexibility index (Phi) is 8.29. The summed E-state index contributed by atoms with van der Waals surface area (Å²) in [5.74, 6) is 0. The van der Waals surface area contributed by atoms with Gasteiger partial charge in [-0.1, -0.05) is 28.7 Å². The van der Waals surface area contributed by atoms with Crippen molar-refractivity contribution >= 4 is 22.6 Å². The Morgan fingerprint density at radius 3 is 2.26 bits per heavy atom. The molecule has 0 aliphatic carbocycles. The quantitative estimate of drug-likeness (QED) is 0.221. The van der Waals surface area contributed by atoms with E-state index in [0.29, 0.717) is 0 Å². The van der Waals surface area contributed by atoms with Crippen molar-refractivity contribution in [2.24, 2.45) is 0 Å². The maximum Gasteiger partial charge on any atom is 0.433 e. The van der Waals surface area contributed by atoms with Gasteiger partial charge in [-0.25, -0.2) is 0 Å². The number of alkyl halides is 7. The van der Waals surface area contributed by atoms with Gasteiger partial charge in [-0.2, -0.15) is 31.6 Å². The average Bonchev–Trinajstić information content (AvgIpc) is 2.69. The van der Waals surface area contributed by atoms with E-state index in [1.165, 1.54) is 26.2 Å². The third kappa shape index (κ3) is 6.30. The third-order valence-electron chi connectivity index (χ3n) is 4.57. The first-order valence-electron chi connectivity index (χ1n) is 8.77. The Bertz CT molecular complexity index is 956. The lowest BCUT2D eigenvalue weighted by Gasteiger charge is -2.25. The zero-order chi connectivity index (χ0) is 23.4. The van der Waals surface area contributed by atoms with Crippen molar-refractivity contribution in [2.45, 2.75) is 37.9 Å². The number of ether oxygens (including phenoxy) is 2. The van der Waals surface area contributed by atoms with Gasteiger partial charge in [0.2, 0.25) is 0 Å². The summed E-state index contributed by atoms with van der Waals surface area (Å²) in [7, 11) is 1.28. The van der Waals surface area contributed by atoms with Gasteiger partial charge in [-0.3, -0.25) is 4.98 Å². The molecule has 2 unspecified atom stereocenters. The summed E-state index contributed by atoms with van der Waals surface area (Å²) in [5.41, 5.74) is -2.26. The molecule has 1 heterocycles. The van der Waals surface area contributed by atoms with Gasteiger partial charge in [0, 0.05) is 19.7 Å².